The number of hydrogen-bond acceptors (Lipinski definition) is 4. The first-order chi connectivity index (χ1) is 13.2. The standard InChI is InChI=1S/C20H22N4O3/c1-2-15-5-7-16(8-6-15)14-24-18(9-12-22-24)23-19(25)10-11-21-20(26)17-4-3-13-27-17/h3-9,12-13H,2,10-11,14H2,1H3,(H,21,26)(H,23,25). The highest BCUT2D eigenvalue weighted by Gasteiger charge is 2.11. The van der Waals surface area contributed by atoms with Crippen molar-refractivity contribution in [2.75, 3.05) is 11.9 Å². The Morgan fingerprint density at radius 3 is 2.59 bits per heavy atom. The highest BCUT2D eigenvalue weighted by molar-refractivity contribution is 5.93. The van der Waals surface area contributed by atoms with Crippen molar-refractivity contribution >= 4 is 17.6 Å². The van der Waals surface area contributed by atoms with Gasteiger partial charge in [-0.2, -0.15) is 5.10 Å². The van der Waals surface area contributed by atoms with Crippen molar-refractivity contribution in [3.63, 3.8) is 0 Å². The summed E-state index contributed by atoms with van der Waals surface area (Å²) in [4.78, 5) is 23.9. The van der Waals surface area contributed by atoms with Gasteiger partial charge < -0.3 is 15.1 Å². The highest BCUT2D eigenvalue weighted by Crippen LogP contribution is 2.12. The number of nitrogens with one attached hydrogen (secondary N) is 2. The van der Waals surface area contributed by atoms with E-state index in [9.17, 15) is 9.59 Å². The second-order valence-corrected chi connectivity index (χ2v) is 6.08. The van der Waals surface area contributed by atoms with Crippen LogP contribution in [-0.4, -0.2) is 28.1 Å². The van der Waals surface area contributed by atoms with Crippen LogP contribution in [-0.2, 0) is 17.8 Å². The average molecular weight is 366 g/mol. The third kappa shape index (κ3) is 5.07. The van der Waals surface area contributed by atoms with Gasteiger partial charge in [0.15, 0.2) is 5.76 Å². The Bertz CT molecular complexity index is 882. The maximum Gasteiger partial charge on any atom is 0.286 e. The van der Waals surface area contributed by atoms with Crippen LogP contribution in [0.5, 0.6) is 0 Å². The molecule has 2 aromatic heterocycles. The number of carbonyl (C=O) groups is 2. The molecule has 2 heterocycles. The number of aromatic nitrogens is 2. The van der Waals surface area contributed by atoms with Crippen molar-refractivity contribution in [3.8, 4) is 0 Å². The molecule has 7 heteroatoms. The van der Waals surface area contributed by atoms with Crippen molar-refractivity contribution in [2.45, 2.75) is 26.3 Å². The molecule has 0 saturated carbocycles. The van der Waals surface area contributed by atoms with E-state index in [4.69, 9.17) is 4.42 Å². The number of nitrogens with zero attached hydrogens (tertiary/aromatic N) is 2. The van der Waals surface area contributed by atoms with E-state index >= 15 is 0 Å². The number of hydrogen-bond donors (Lipinski definition) is 2. The number of amides is 2. The van der Waals surface area contributed by atoms with Gasteiger partial charge in [0.2, 0.25) is 5.91 Å². The molecule has 2 amide bonds. The van der Waals surface area contributed by atoms with Crippen LogP contribution in [0.1, 0.15) is 35.0 Å². The predicted octanol–water partition coefficient (Wildman–Crippen LogP) is 2.85. The van der Waals surface area contributed by atoms with Crippen LogP contribution in [0.25, 0.3) is 0 Å². The number of anilines is 1. The molecule has 0 aliphatic carbocycles. The van der Waals surface area contributed by atoms with E-state index in [0.717, 1.165) is 12.0 Å². The van der Waals surface area contributed by atoms with Gasteiger partial charge in [0, 0.05) is 19.0 Å². The maximum absolute atomic E-state index is 12.1. The lowest BCUT2D eigenvalue weighted by atomic mass is 10.1. The van der Waals surface area contributed by atoms with Gasteiger partial charge in [-0.3, -0.25) is 9.59 Å². The monoisotopic (exact) mass is 366 g/mol. The van der Waals surface area contributed by atoms with Crippen LogP contribution in [0, 0.1) is 0 Å². The molecule has 0 saturated heterocycles. The molecule has 7 nitrogen and oxygen atoms in total. The molecule has 0 unspecified atom stereocenters. The summed E-state index contributed by atoms with van der Waals surface area (Å²) in [6, 6.07) is 13.3. The van der Waals surface area contributed by atoms with E-state index in [-0.39, 0.29) is 30.5 Å². The molecular formula is C20H22N4O3. The van der Waals surface area contributed by atoms with E-state index in [2.05, 4.69) is 46.9 Å². The number of furan rings is 1. The molecule has 0 aliphatic heterocycles. The van der Waals surface area contributed by atoms with E-state index in [1.54, 1.807) is 29.1 Å². The molecule has 3 rings (SSSR count). The topological polar surface area (TPSA) is 89.2 Å². The van der Waals surface area contributed by atoms with Crippen molar-refractivity contribution in [1.82, 2.24) is 15.1 Å². The fraction of sp³-hybridized carbons (Fsp3) is 0.250. The van der Waals surface area contributed by atoms with Crippen molar-refractivity contribution < 1.29 is 14.0 Å². The molecule has 27 heavy (non-hydrogen) atoms. The van der Waals surface area contributed by atoms with Gasteiger partial charge >= 0.3 is 0 Å². The Morgan fingerprint density at radius 1 is 1.11 bits per heavy atom. The third-order valence-corrected chi connectivity index (χ3v) is 4.13. The molecule has 0 aliphatic rings. The highest BCUT2D eigenvalue weighted by atomic mass is 16.3. The fourth-order valence-electron chi connectivity index (χ4n) is 2.61. The molecule has 0 radical (unpaired) electrons. The first-order valence-corrected chi connectivity index (χ1v) is 8.87. The van der Waals surface area contributed by atoms with Gasteiger partial charge in [-0.05, 0) is 29.7 Å². The second kappa shape index (κ2) is 8.84. The largest absolute Gasteiger partial charge is 0.459 e. The zero-order chi connectivity index (χ0) is 19.1. The van der Waals surface area contributed by atoms with Gasteiger partial charge in [0.05, 0.1) is 19.0 Å². The number of rotatable bonds is 8. The third-order valence-electron chi connectivity index (χ3n) is 4.13. The van der Waals surface area contributed by atoms with Gasteiger partial charge in [-0.25, -0.2) is 4.68 Å². The summed E-state index contributed by atoms with van der Waals surface area (Å²) in [5, 5.41) is 9.74. The Kier molecular flexibility index (Phi) is 6.04. The fourth-order valence-corrected chi connectivity index (χ4v) is 2.61. The lowest BCUT2D eigenvalue weighted by Crippen LogP contribution is -2.27. The SMILES string of the molecule is CCc1ccc(Cn2nccc2NC(=O)CCNC(=O)c2ccco2)cc1. The maximum atomic E-state index is 12.1. The number of benzene rings is 1. The van der Waals surface area contributed by atoms with E-state index in [1.807, 2.05) is 0 Å². The van der Waals surface area contributed by atoms with Crippen LogP contribution >= 0.6 is 0 Å². The number of carbonyl (C=O) groups excluding carboxylic acids is 2. The Balaban J connectivity index is 1.49. The zero-order valence-corrected chi connectivity index (χ0v) is 15.1. The van der Waals surface area contributed by atoms with Crippen LogP contribution < -0.4 is 10.6 Å². The molecule has 2 N–H and O–H groups in total. The van der Waals surface area contributed by atoms with Gasteiger partial charge in [-0.1, -0.05) is 31.2 Å². The van der Waals surface area contributed by atoms with Crippen LogP contribution in [0.3, 0.4) is 0 Å². The first kappa shape index (κ1) is 18.4. The van der Waals surface area contributed by atoms with Crippen LogP contribution in [0.15, 0.2) is 59.3 Å². The second-order valence-electron chi connectivity index (χ2n) is 6.08. The summed E-state index contributed by atoms with van der Waals surface area (Å²) in [5.41, 5.74) is 2.39. The van der Waals surface area contributed by atoms with E-state index in [1.165, 1.54) is 11.8 Å². The van der Waals surface area contributed by atoms with Gasteiger partial charge in [0.25, 0.3) is 5.91 Å². The summed E-state index contributed by atoms with van der Waals surface area (Å²) >= 11 is 0. The normalized spacial score (nSPS) is 10.6. The summed E-state index contributed by atoms with van der Waals surface area (Å²) < 4.78 is 6.74. The first-order valence-electron chi connectivity index (χ1n) is 8.87. The summed E-state index contributed by atoms with van der Waals surface area (Å²) in [7, 11) is 0. The molecule has 0 fully saturated rings. The summed E-state index contributed by atoms with van der Waals surface area (Å²) in [6.45, 7) is 2.91. The van der Waals surface area contributed by atoms with Gasteiger partial charge in [-0.15, -0.1) is 0 Å². The Hall–Kier alpha value is -3.35. The minimum absolute atomic E-state index is 0.156. The van der Waals surface area contributed by atoms with Crippen molar-refractivity contribution in [2.24, 2.45) is 0 Å². The quantitative estimate of drug-likeness (QED) is 0.641. The van der Waals surface area contributed by atoms with E-state index < -0.39 is 0 Å². The molecule has 1 aromatic carbocycles. The zero-order valence-electron chi connectivity index (χ0n) is 15.1. The van der Waals surface area contributed by atoms with Crippen LogP contribution in [0.4, 0.5) is 5.82 Å². The molecule has 0 atom stereocenters. The molecular weight excluding hydrogens is 344 g/mol. The number of aryl methyl sites for hydroxylation is 1. The van der Waals surface area contributed by atoms with Crippen LogP contribution in [0.2, 0.25) is 0 Å². The lowest BCUT2D eigenvalue weighted by Gasteiger charge is -2.10. The smallest absolute Gasteiger partial charge is 0.286 e. The minimum atomic E-state index is -0.339. The Labute approximate surface area is 157 Å². The average Bonchev–Trinajstić information content (AvgIpc) is 3.35. The van der Waals surface area contributed by atoms with Gasteiger partial charge in [0.1, 0.15) is 5.82 Å². The van der Waals surface area contributed by atoms with Crippen molar-refractivity contribution in [3.05, 3.63) is 71.8 Å². The molecule has 140 valence electrons. The summed E-state index contributed by atoms with van der Waals surface area (Å²) in [6.07, 6.45) is 4.23. The van der Waals surface area contributed by atoms with E-state index in [0.29, 0.717) is 12.4 Å². The molecule has 3 aromatic rings. The summed E-state index contributed by atoms with van der Waals surface area (Å²) in [5.74, 6) is 0.311. The molecule has 0 bridgehead atoms. The minimum Gasteiger partial charge on any atom is -0.459 e. The van der Waals surface area contributed by atoms with Crippen molar-refractivity contribution in [1.29, 1.82) is 0 Å². The predicted molar refractivity (Wildman–Crippen MR) is 101 cm³/mol. The lowest BCUT2D eigenvalue weighted by molar-refractivity contribution is -0.116. The Morgan fingerprint density at radius 2 is 1.89 bits per heavy atom. The molecule has 0 spiro atoms.